The van der Waals surface area contributed by atoms with Crippen molar-refractivity contribution in [2.75, 3.05) is 13.2 Å². The predicted octanol–water partition coefficient (Wildman–Crippen LogP) is 18.2. The number of esters is 1. The maximum absolute atomic E-state index is 13.5. The Morgan fingerprint density at radius 1 is 0.463 bits per heavy atom. The molecule has 1 fully saturated rings. The second-order valence-corrected chi connectivity index (χ2v) is 25.3. The van der Waals surface area contributed by atoms with E-state index < -0.39 is 67.4 Å². The number of carbonyl (C=O) groups is 2. The quantitative estimate of drug-likeness (QED) is 0.0195. The number of hydrogen-bond donors (Lipinski definition) is 6. The average Bonchev–Trinajstić information content (AvgIpc) is 3.45. The van der Waals surface area contributed by atoms with Crippen LogP contribution >= 0.6 is 0 Å². The normalized spacial score (nSPS) is 18.6. The Morgan fingerprint density at radius 3 is 1.15 bits per heavy atom. The van der Waals surface area contributed by atoms with Crippen LogP contribution in [-0.4, -0.2) is 99.6 Å². The Labute approximate surface area is 506 Å². The summed E-state index contributed by atoms with van der Waals surface area (Å²) in [7, 11) is 0. The van der Waals surface area contributed by atoms with Crippen molar-refractivity contribution >= 4 is 11.9 Å². The van der Waals surface area contributed by atoms with E-state index in [9.17, 15) is 35.1 Å². The van der Waals surface area contributed by atoms with E-state index in [1.807, 2.05) is 6.08 Å². The average molecular weight is 1160 g/mol. The van der Waals surface area contributed by atoms with Crippen LogP contribution in [0.3, 0.4) is 0 Å². The van der Waals surface area contributed by atoms with Gasteiger partial charge in [0, 0.05) is 6.42 Å². The van der Waals surface area contributed by atoms with Crippen molar-refractivity contribution in [3.05, 3.63) is 12.2 Å². The summed E-state index contributed by atoms with van der Waals surface area (Å²) in [6.45, 7) is 5.85. The molecule has 0 saturated carbocycles. The Hall–Kier alpha value is -1.60. The molecule has 0 bridgehead atoms. The number of hydrogen-bond acceptors (Lipinski definition) is 10. The van der Waals surface area contributed by atoms with Crippen molar-refractivity contribution in [2.24, 2.45) is 0 Å². The maximum atomic E-state index is 13.5. The minimum absolute atomic E-state index is 0.131. The standard InChI is InChI=1S/C71H137NO10/c1-4-7-10-13-16-19-22-25-27-28-29-30-31-32-33-34-35-36-37-39-40-43-46-49-52-55-58-64(75)70(79)72-62(63(74)57-54-51-48-45-42-24-21-18-15-12-9-6-3)61-80-71-69(68(78)67(77)65(60-73)81-71)82-66(76)59-56-53-50-47-44-41-38-26-23-20-17-14-11-8-5-2/h54,57,62-65,67-69,71,73-75,77-78H,4-53,55-56,58-61H2,1-3H3,(H,72,79)/b57-54+. The van der Waals surface area contributed by atoms with Gasteiger partial charge in [0.2, 0.25) is 5.91 Å². The monoisotopic (exact) mass is 1160 g/mol. The summed E-state index contributed by atoms with van der Waals surface area (Å²) < 4.78 is 17.7. The van der Waals surface area contributed by atoms with E-state index in [1.165, 1.54) is 263 Å². The summed E-state index contributed by atoms with van der Waals surface area (Å²) in [4.78, 5) is 26.6. The zero-order chi connectivity index (χ0) is 59.6. The minimum Gasteiger partial charge on any atom is -0.454 e. The molecule has 0 aromatic carbocycles. The Balaban J connectivity index is 2.52. The van der Waals surface area contributed by atoms with Gasteiger partial charge in [-0.15, -0.1) is 0 Å². The topological polar surface area (TPSA) is 175 Å². The van der Waals surface area contributed by atoms with E-state index in [1.54, 1.807) is 6.08 Å². The zero-order valence-electron chi connectivity index (χ0n) is 54.1. The van der Waals surface area contributed by atoms with E-state index >= 15 is 0 Å². The summed E-state index contributed by atoms with van der Waals surface area (Å²) in [5.74, 6) is -1.17. The Morgan fingerprint density at radius 2 is 0.793 bits per heavy atom. The molecule has 6 N–H and O–H groups in total. The Bertz CT molecular complexity index is 1380. The highest BCUT2D eigenvalue weighted by Gasteiger charge is 2.47. The molecule has 0 aliphatic carbocycles. The van der Waals surface area contributed by atoms with Gasteiger partial charge in [0.05, 0.1) is 25.4 Å². The number of aliphatic hydroxyl groups excluding tert-OH is 5. The number of carbonyl (C=O) groups excluding carboxylic acids is 2. The lowest BCUT2D eigenvalue weighted by Crippen LogP contribution is -2.61. The molecule has 1 heterocycles. The first-order valence-electron chi connectivity index (χ1n) is 36.0. The van der Waals surface area contributed by atoms with Gasteiger partial charge in [-0.3, -0.25) is 9.59 Å². The van der Waals surface area contributed by atoms with Crippen LogP contribution in [0.25, 0.3) is 0 Å². The molecule has 0 aromatic heterocycles. The van der Waals surface area contributed by atoms with Crippen molar-refractivity contribution in [1.82, 2.24) is 5.32 Å². The molecule has 1 aliphatic rings. The second-order valence-electron chi connectivity index (χ2n) is 25.3. The third kappa shape index (κ3) is 46.6. The van der Waals surface area contributed by atoms with Crippen LogP contribution in [-0.2, 0) is 23.8 Å². The van der Waals surface area contributed by atoms with Gasteiger partial charge in [-0.2, -0.15) is 0 Å². The maximum Gasteiger partial charge on any atom is 0.306 e. The van der Waals surface area contributed by atoms with Crippen molar-refractivity contribution in [3.8, 4) is 0 Å². The minimum atomic E-state index is -1.61. The highest BCUT2D eigenvalue weighted by atomic mass is 16.7. The SMILES string of the molecule is CCCCCCCCCCCC/C=C/C(O)C(COC1OC(CO)C(O)C(O)C1OC(=O)CCCCCCCCCCCCCCCCC)NC(=O)C(O)CCCCCCCCCCCCCCCCCCCCCCCCCCCC. The number of ether oxygens (including phenoxy) is 3. The van der Waals surface area contributed by atoms with Crippen LogP contribution in [0, 0.1) is 0 Å². The lowest BCUT2D eigenvalue weighted by atomic mass is 9.99. The summed E-state index contributed by atoms with van der Waals surface area (Å²) in [5.41, 5.74) is 0. The molecule has 82 heavy (non-hydrogen) atoms. The van der Waals surface area contributed by atoms with Crippen LogP contribution in [0.4, 0.5) is 0 Å². The first kappa shape index (κ1) is 78.4. The van der Waals surface area contributed by atoms with Crippen LogP contribution in [0.15, 0.2) is 12.2 Å². The lowest BCUT2D eigenvalue weighted by molar-refractivity contribution is -0.305. The lowest BCUT2D eigenvalue weighted by Gasteiger charge is -2.41. The molecule has 11 heteroatoms. The van der Waals surface area contributed by atoms with E-state index in [4.69, 9.17) is 14.2 Å². The number of nitrogens with one attached hydrogen (secondary N) is 1. The van der Waals surface area contributed by atoms with Gasteiger partial charge < -0.3 is 45.1 Å². The molecular weight excluding hydrogens is 1030 g/mol. The fraction of sp³-hybridized carbons (Fsp3) is 0.944. The van der Waals surface area contributed by atoms with Crippen LogP contribution in [0.5, 0.6) is 0 Å². The third-order valence-electron chi connectivity index (χ3n) is 17.4. The van der Waals surface area contributed by atoms with Gasteiger partial charge in [0.25, 0.3) is 0 Å². The summed E-state index contributed by atoms with van der Waals surface area (Å²) in [6, 6.07) is -1.02. The van der Waals surface area contributed by atoms with Gasteiger partial charge in [0.15, 0.2) is 12.4 Å². The van der Waals surface area contributed by atoms with Gasteiger partial charge in [-0.1, -0.05) is 348 Å². The van der Waals surface area contributed by atoms with E-state index in [0.717, 1.165) is 57.8 Å². The van der Waals surface area contributed by atoms with Crippen molar-refractivity contribution in [3.63, 3.8) is 0 Å². The molecule has 0 radical (unpaired) electrons. The van der Waals surface area contributed by atoms with Crippen molar-refractivity contribution < 1.29 is 49.3 Å². The highest BCUT2D eigenvalue weighted by Crippen LogP contribution is 2.27. The van der Waals surface area contributed by atoms with Gasteiger partial charge >= 0.3 is 5.97 Å². The number of aliphatic hydroxyl groups is 5. The predicted molar refractivity (Wildman–Crippen MR) is 343 cm³/mol. The molecule has 0 aromatic rings. The smallest absolute Gasteiger partial charge is 0.306 e. The summed E-state index contributed by atoms with van der Waals surface area (Å²) >= 11 is 0. The molecule has 11 nitrogen and oxygen atoms in total. The van der Waals surface area contributed by atoms with Gasteiger partial charge in [-0.25, -0.2) is 0 Å². The zero-order valence-corrected chi connectivity index (χ0v) is 54.1. The van der Waals surface area contributed by atoms with Crippen LogP contribution in [0.1, 0.15) is 367 Å². The van der Waals surface area contributed by atoms with E-state index in [2.05, 4.69) is 26.1 Å². The molecule has 1 rings (SSSR count). The highest BCUT2D eigenvalue weighted by molar-refractivity contribution is 5.80. The Kier molecular flexibility index (Phi) is 57.1. The molecule has 486 valence electrons. The summed E-state index contributed by atoms with van der Waals surface area (Å²) in [5, 5.41) is 57.2. The number of allylic oxidation sites excluding steroid dienone is 1. The number of amides is 1. The molecule has 8 atom stereocenters. The first-order valence-corrected chi connectivity index (χ1v) is 36.0. The second kappa shape index (κ2) is 59.7. The molecule has 1 amide bonds. The largest absolute Gasteiger partial charge is 0.454 e. The van der Waals surface area contributed by atoms with E-state index in [-0.39, 0.29) is 13.0 Å². The molecular formula is C71H137NO10. The summed E-state index contributed by atoms with van der Waals surface area (Å²) in [6.07, 6.45) is 59.8. The number of rotatable bonds is 63. The van der Waals surface area contributed by atoms with E-state index in [0.29, 0.717) is 19.3 Å². The molecule has 1 saturated heterocycles. The van der Waals surface area contributed by atoms with Crippen molar-refractivity contribution in [1.29, 1.82) is 0 Å². The first-order chi connectivity index (χ1) is 40.2. The van der Waals surface area contributed by atoms with Gasteiger partial charge in [0.1, 0.15) is 24.4 Å². The fourth-order valence-corrected chi connectivity index (χ4v) is 11.8. The third-order valence-corrected chi connectivity index (χ3v) is 17.4. The van der Waals surface area contributed by atoms with Crippen molar-refractivity contribution in [2.45, 2.75) is 416 Å². The number of unbranched alkanes of at least 4 members (excludes halogenated alkanes) is 49. The van der Waals surface area contributed by atoms with Crippen LogP contribution < -0.4 is 5.32 Å². The molecule has 1 aliphatic heterocycles. The molecule has 0 spiro atoms. The van der Waals surface area contributed by atoms with Gasteiger partial charge in [-0.05, 0) is 25.7 Å². The fourth-order valence-electron chi connectivity index (χ4n) is 11.8. The molecule has 8 unspecified atom stereocenters. The van der Waals surface area contributed by atoms with Crippen LogP contribution in [0.2, 0.25) is 0 Å².